The number of hydrogen-bond donors (Lipinski definition) is 3. The van der Waals surface area contributed by atoms with E-state index in [1.165, 1.54) is 0 Å². The number of halogens is 1. The van der Waals surface area contributed by atoms with Crippen LogP contribution in [-0.4, -0.2) is 39.6 Å². The lowest BCUT2D eigenvalue weighted by Gasteiger charge is -2.21. The Labute approximate surface area is 146 Å². The molecule has 0 fully saturated rings. The summed E-state index contributed by atoms with van der Waals surface area (Å²) < 4.78 is 0. The second kappa shape index (κ2) is 7.55. The summed E-state index contributed by atoms with van der Waals surface area (Å²) in [4.78, 5) is 10.00. The summed E-state index contributed by atoms with van der Waals surface area (Å²) in [5.74, 6) is 1.06. The SMILES string of the molecule is CCN(CCNc1nc2ccccc2[nH]1)Cc1cc(Cl)ccc1O. The first-order valence-electron chi connectivity index (χ1n) is 8.04. The zero-order valence-corrected chi connectivity index (χ0v) is 14.3. The van der Waals surface area contributed by atoms with E-state index in [9.17, 15) is 5.11 Å². The Morgan fingerprint density at radius 3 is 2.88 bits per heavy atom. The smallest absolute Gasteiger partial charge is 0.201 e. The molecule has 0 atom stereocenters. The summed E-state index contributed by atoms with van der Waals surface area (Å²) in [7, 11) is 0. The fourth-order valence-corrected chi connectivity index (χ4v) is 2.83. The maximum absolute atomic E-state index is 9.95. The maximum Gasteiger partial charge on any atom is 0.201 e. The molecule has 3 rings (SSSR count). The molecule has 0 aliphatic rings. The van der Waals surface area contributed by atoms with Crippen molar-refractivity contribution in [1.82, 2.24) is 14.9 Å². The number of rotatable bonds is 7. The Balaban J connectivity index is 1.56. The number of imidazole rings is 1. The number of aromatic hydroxyl groups is 1. The molecule has 0 saturated carbocycles. The molecule has 1 aromatic heterocycles. The lowest BCUT2D eigenvalue weighted by Crippen LogP contribution is -2.28. The number of hydrogen-bond acceptors (Lipinski definition) is 4. The fraction of sp³-hybridized carbons (Fsp3) is 0.278. The molecular weight excluding hydrogens is 324 g/mol. The standard InChI is InChI=1S/C18H21ClN4O/c1-2-23(12-13-11-14(19)7-8-17(13)24)10-9-20-18-21-15-5-3-4-6-16(15)22-18/h3-8,11,24H,2,9-10,12H2,1H3,(H2,20,21,22). The molecule has 0 aliphatic heterocycles. The Kier molecular flexibility index (Phi) is 5.23. The number of aromatic nitrogens is 2. The molecule has 6 heteroatoms. The number of para-hydroxylation sites is 2. The molecule has 0 spiro atoms. The van der Waals surface area contributed by atoms with Crippen molar-refractivity contribution >= 4 is 28.6 Å². The van der Waals surface area contributed by atoms with Crippen molar-refractivity contribution in [2.24, 2.45) is 0 Å². The Bertz CT molecular complexity index is 785. The van der Waals surface area contributed by atoms with Crippen LogP contribution in [0.5, 0.6) is 5.75 Å². The normalized spacial score (nSPS) is 11.3. The zero-order chi connectivity index (χ0) is 16.9. The minimum absolute atomic E-state index is 0.281. The van der Waals surface area contributed by atoms with Crippen LogP contribution in [0.2, 0.25) is 5.02 Å². The van der Waals surface area contributed by atoms with Gasteiger partial charge in [-0.1, -0.05) is 30.7 Å². The monoisotopic (exact) mass is 344 g/mol. The maximum atomic E-state index is 9.95. The molecule has 0 radical (unpaired) electrons. The lowest BCUT2D eigenvalue weighted by molar-refractivity contribution is 0.286. The highest BCUT2D eigenvalue weighted by atomic mass is 35.5. The van der Waals surface area contributed by atoms with Gasteiger partial charge < -0.3 is 15.4 Å². The molecule has 24 heavy (non-hydrogen) atoms. The molecule has 5 nitrogen and oxygen atoms in total. The van der Waals surface area contributed by atoms with Gasteiger partial charge >= 0.3 is 0 Å². The van der Waals surface area contributed by atoms with Crippen LogP contribution in [-0.2, 0) is 6.54 Å². The highest BCUT2D eigenvalue weighted by molar-refractivity contribution is 6.30. The first-order chi connectivity index (χ1) is 11.7. The number of likely N-dealkylation sites (N-methyl/N-ethyl adjacent to an activating group) is 1. The number of anilines is 1. The van der Waals surface area contributed by atoms with Crippen LogP contribution < -0.4 is 5.32 Å². The summed E-state index contributed by atoms with van der Waals surface area (Å²) >= 11 is 6.01. The zero-order valence-electron chi connectivity index (χ0n) is 13.6. The molecule has 3 N–H and O–H groups in total. The van der Waals surface area contributed by atoms with Crippen LogP contribution in [0.15, 0.2) is 42.5 Å². The topological polar surface area (TPSA) is 64.2 Å². The second-order valence-corrected chi connectivity index (χ2v) is 6.11. The van der Waals surface area contributed by atoms with Crippen LogP contribution in [0.25, 0.3) is 11.0 Å². The highest BCUT2D eigenvalue weighted by Crippen LogP contribution is 2.22. The van der Waals surface area contributed by atoms with E-state index in [1.54, 1.807) is 12.1 Å². The first-order valence-corrected chi connectivity index (χ1v) is 8.42. The lowest BCUT2D eigenvalue weighted by atomic mass is 10.2. The number of nitrogens with one attached hydrogen (secondary N) is 2. The van der Waals surface area contributed by atoms with E-state index in [4.69, 9.17) is 11.6 Å². The molecule has 2 aromatic carbocycles. The number of nitrogens with zero attached hydrogens (tertiary/aromatic N) is 2. The summed E-state index contributed by atoms with van der Waals surface area (Å²) in [5, 5.41) is 13.9. The average molecular weight is 345 g/mol. The van der Waals surface area contributed by atoms with Gasteiger partial charge in [0.05, 0.1) is 11.0 Å². The van der Waals surface area contributed by atoms with E-state index in [0.29, 0.717) is 11.6 Å². The first kappa shape index (κ1) is 16.6. The van der Waals surface area contributed by atoms with Crippen molar-refractivity contribution < 1.29 is 5.11 Å². The van der Waals surface area contributed by atoms with Crippen LogP contribution >= 0.6 is 11.6 Å². The van der Waals surface area contributed by atoms with Crippen LogP contribution in [0, 0.1) is 0 Å². The van der Waals surface area contributed by atoms with Crippen molar-refractivity contribution in [2.45, 2.75) is 13.5 Å². The third-order valence-corrected chi connectivity index (χ3v) is 4.23. The molecule has 0 bridgehead atoms. The van der Waals surface area contributed by atoms with Gasteiger partial charge in [-0.15, -0.1) is 0 Å². The van der Waals surface area contributed by atoms with Crippen molar-refractivity contribution in [3.8, 4) is 5.75 Å². The number of fused-ring (bicyclic) bond motifs is 1. The minimum atomic E-state index is 0.281. The van der Waals surface area contributed by atoms with E-state index in [2.05, 4.69) is 27.1 Å². The van der Waals surface area contributed by atoms with Crippen molar-refractivity contribution in [1.29, 1.82) is 0 Å². The Morgan fingerprint density at radius 1 is 1.25 bits per heavy atom. The third-order valence-electron chi connectivity index (χ3n) is 3.99. The van der Waals surface area contributed by atoms with Gasteiger partial charge in [-0.3, -0.25) is 4.90 Å². The van der Waals surface area contributed by atoms with Gasteiger partial charge in [-0.2, -0.15) is 0 Å². The summed E-state index contributed by atoms with van der Waals surface area (Å²) in [6.07, 6.45) is 0. The van der Waals surface area contributed by atoms with Gasteiger partial charge in [0.1, 0.15) is 5.75 Å². The van der Waals surface area contributed by atoms with E-state index >= 15 is 0 Å². The fourth-order valence-electron chi connectivity index (χ4n) is 2.64. The van der Waals surface area contributed by atoms with Gasteiger partial charge in [0, 0.05) is 30.2 Å². The number of aromatic amines is 1. The average Bonchev–Trinajstić information content (AvgIpc) is 2.99. The molecule has 1 heterocycles. The minimum Gasteiger partial charge on any atom is -0.508 e. The van der Waals surface area contributed by atoms with Gasteiger partial charge in [0.15, 0.2) is 0 Å². The molecule has 0 saturated heterocycles. The number of H-pyrrole nitrogens is 1. The predicted octanol–water partition coefficient (Wildman–Crippen LogP) is 3.86. The van der Waals surface area contributed by atoms with Gasteiger partial charge in [0.25, 0.3) is 0 Å². The van der Waals surface area contributed by atoms with E-state index in [-0.39, 0.29) is 5.75 Å². The van der Waals surface area contributed by atoms with Crippen molar-refractivity contribution in [3.63, 3.8) is 0 Å². The predicted molar refractivity (Wildman–Crippen MR) is 98.7 cm³/mol. The van der Waals surface area contributed by atoms with Crippen LogP contribution in [0.3, 0.4) is 0 Å². The largest absolute Gasteiger partial charge is 0.508 e. The van der Waals surface area contributed by atoms with Crippen LogP contribution in [0.1, 0.15) is 12.5 Å². The van der Waals surface area contributed by atoms with Crippen molar-refractivity contribution in [2.75, 3.05) is 25.0 Å². The van der Waals surface area contributed by atoms with Crippen molar-refractivity contribution in [3.05, 3.63) is 53.1 Å². The third kappa shape index (κ3) is 3.99. The Hall–Kier alpha value is -2.24. The molecular formula is C18H21ClN4O. The van der Waals surface area contributed by atoms with E-state index in [0.717, 1.165) is 42.2 Å². The molecule has 126 valence electrons. The molecule has 0 amide bonds. The number of phenols is 1. The number of benzene rings is 2. The van der Waals surface area contributed by atoms with E-state index < -0.39 is 0 Å². The van der Waals surface area contributed by atoms with Gasteiger partial charge in [-0.25, -0.2) is 4.98 Å². The van der Waals surface area contributed by atoms with Gasteiger partial charge in [0.2, 0.25) is 5.95 Å². The molecule has 0 unspecified atom stereocenters. The number of phenolic OH excluding ortho intramolecular Hbond substituents is 1. The van der Waals surface area contributed by atoms with Crippen LogP contribution in [0.4, 0.5) is 5.95 Å². The van der Waals surface area contributed by atoms with Gasteiger partial charge in [-0.05, 0) is 36.9 Å². The summed E-state index contributed by atoms with van der Waals surface area (Å²) in [5.41, 5.74) is 2.82. The molecule has 0 aliphatic carbocycles. The quantitative estimate of drug-likeness (QED) is 0.609. The highest BCUT2D eigenvalue weighted by Gasteiger charge is 2.09. The van der Waals surface area contributed by atoms with E-state index in [1.807, 2.05) is 30.3 Å². The Morgan fingerprint density at radius 2 is 2.08 bits per heavy atom. The second-order valence-electron chi connectivity index (χ2n) is 5.67. The summed E-state index contributed by atoms with van der Waals surface area (Å²) in [6.45, 7) is 5.23. The molecule has 3 aromatic rings. The summed E-state index contributed by atoms with van der Waals surface area (Å²) in [6, 6.07) is 13.1.